The summed E-state index contributed by atoms with van der Waals surface area (Å²) in [5.41, 5.74) is 7.02. The maximum Gasteiger partial charge on any atom is 0.224 e. The third-order valence-corrected chi connectivity index (χ3v) is 3.27. The maximum atomic E-state index is 12.0. The predicted octanol–water partition coefficient (Wildman–Crippen LogP) is 2.02. The van der Waals surface area contributed by atoms with Crippen molar-refractivity contribution >= 4 is 18.3 Å². The Hall–Kier alpha value is -1.10. The summed E-state index contributed by atoms with van der Waals surface area (Å²) in [6.45, 7) is 4.09. The summed E-state index contributed by atoms with van der Waals surface area (Å²) < 4.78 is 0. The molecule has 0 fully saturated rings. The highest BCUT2D eigenvalue weighted by Gasteiger charge is 2.22. The number of nitrogens with two attached hydrogens (primary N) is 1. The molecule has 0 bridgehead atoms. The molecule has 0 aliphatic rings. The third-order valence-electron chi connectivity index (χ3n) is 3.27. The van der Waals surface area contributed by atoms with Crippen LogP contribution in [0.15, 0.2) is 30.3 Å². The highest BCUT2D eigenvalue weighted by atomic mass is 35.5. The zero-order valence-electron chi connectivity index (χ0n) is 12.1. The first-order valence-corrected chi connectivity index (χ1v) is 6.82. The van der Waals surface area contributed by atoms with Gasteiger partial charge in [-0.1, -0.05) is 50.6 Å². The minimum atomic E-state index is -0.478. The lowest BCUT2D eigenvalue weighted by molar-refractivity contribution is -0.125. The van der Waals surface area contributed by atoms with Crippen molar-refractivity contribution in [1.29, 1.82) is 0 Å². The zero-order chi connectivity index (χ0) is 14.3. The zero-order valence-corrected chi connectivity index (χ0v) is 12.9. The van der Waals surface area contributed by atoms with Gasteiger partial charge in [0, 0.05) is 12.6 Å². The van der Waals surface area contributed by atoms with E-state index in [0.717, 1.165) is 12.0 Å². The minimum absolute atomic E-state index is 0. The van der Waals surface area contributed by atoms with Crippen LogP contribution >= 0.6 is 12.4 Å². The number of carbonyl (C=O) groups excluding carboxylic acids is 1. The lowest BCUT2D eigenvalue weighted by Gasteiger charge is -2.20. The highest BCUT2D eigenvalue weighted by Crippen LogP contribution is 2.18. The van der Waals surface area contributed by atoms with Crippen LogP contribution in [0.2, 0.25) is 0 Å². The Labute approximate surface area is 127 Å². The van der Waals surface area contributed by atoms with Crippen LogP contribution in [0, 0.1) is 5.92 Å². The van der Waals surface area contributed by atoms with E-state index in [1.165, 1.54) is 0 Å². The summed E-state index contributed by atoms with van der Waals surface area (Å²) in [6, 6.07) is 9.24. The second kappa shape index (κ2) is 9.75. The first kappa shape index (κ1) is 18.9. The standard InChI is InChI=1S/C15H24N2O2.ClH/c1-3-7-13(18)10-17-15(19)11(2)14(16)12-8-5-4-6-9-12;/h4-6,8-9,11,13-14,18H,3,7,10,16H2,1-2H3,(H,17,19);1H. The van der Waals surface area contributed by atoms with E-state index >= 15 is 0 Å². The molecule has 114 valence electrons. The molecule has 1 rings (SSSR count). The van der Waals surface area contributed by atoms with Crippen LogP contribution in [-0.4, -0.2) is 23.7 Å². The van der Waals surface area contributed by atoms with Gasteiger partial charge in [-0.2, -0.15) is 0 Å². The number of hydrogen-bond donors (Lipinski definition) is 3. The largest absolute Gasteiger partial charge is 0.391 e. The average molecular weight is 301 g/mol. The number of aliphatic hydroxyl groups excluding tert-OH is 1. The quantitative estimate of drug-likeness (QED) is 0.721. The summed E-state index contributed by atoms with van der Waals surface area (Å²) in [6.07, 6.45) is 1.12. The molecule has 0 radical (unpaired) electrons. The number of hydrogen-bond acceptors (Lipinski definition) is 3. The number of halogens is 1. The van der Waals surface area contributed by atoms with Crippen molar-refractivity contribution < 1.29 is 9.90 Å². The molecular formula is C15H25ClN2O2. The summed E-state index contributed by atoms with van der Waals surface area (Å²) >= 11 is 0. The number of aliphatic hydroxyl groups is 1. The van der Waals surface area contributed by atoms with Crippen LogP contribution in [0.1, 0.15) is 38.3 Å². The Bertz CT molecular complexity index is 387. The van der Waals surface area contributed by atoms with Crippen molar-refractivity contribution in [3.63, 3.8) is 0 Å². The van der Waals surface area contributed by atoms with Crippen molar-refractivity contribution in [3.05, 3.63) is 35.9 Å². The van der Waals surface area contributed by atoms with Crippen LogP contribution in [0.5, 0.6) is 0 Å². The van der Waals surface area contributed by atoms with Crippen molar-refractivity contribution in [2.24, 2.45) is 11.7 Å². The molecule has 1 aromatic carbocycles. The van der Waals surface area contributed by atoms with Crippen molar-refractivity contribution in [2.75, 3.05) is 6.54 Å². The smallest absolute Gasteiger partial charge is 0.224 e. The molecule has 5 heteroatoms. The van der Waals surface area contributed by atoms with Crippen LogP contribution in [0.25, 0.3) is 0 Å². The Morgan fingerprint density at radius 2 is 1.95 bits per heavy atom. The molecule has 0 spiro atoms. The first-order chi connectivity index (χ1) is 9.06. The number of amides is 1. The number of nitrogens with one attached hydrogen (secondary N) is 1. The van der Waals surface area contributed by atoms with Gasteiger partial charge in [0.15, 0.2) is 0 Å². The fraction of sp³-hybridized carbons (Fsp3) is 0.533. The second-order valence-corrected chi connectivity index (χ2v) is 4.91. The molecule has 0 aromatic heterocycles. The number of carbonyl (C=O) groups is 1. The van der Waals surface area contributed by atoms with Crippen molar-refractivity contribution in [3.8, 4) is 0 Å². The normalized spacial score (nSPS) is 14.8. The molecule has 4 nitrogen and oxygen atoms in total. The number of benzene rings is 1. The van der Waals surface area contributed by atoms with E-state index in [9.17, 15) is 9.90 Å². The first-order valence-electron chi connectivity index (χ1n) is 6.82. The van der Waals surface area contributed by atoms with Gasteiger partial charge in [0.1, 0.15) is 0 Å². The van der Waals surface area contributed by atoms with Gasteiger partial charge in [0.25, 0.3) is 0 Å². The van der Waals surface area contributed by atoms with Gasteiger partial charge in [0.2, 0.25) is 5.91 Å². The van der Waals surface area contributed by atoms with Gasteiger partial charge < -0.3 is 16.2 Å². The van der Waals surface area contributed by atoms with Crippen LogP contribution in [-0.2, 0) is 4.79 Å². The van der Waals surface area contributed by atoms with Gasteiger partial charge >= 0.3 is 0 Å². The lowest BCUT2D eigenvalue weighted by Crippen LogP contribution is -2.39. The highest BCUT2D eigenvalue weighted by molar-refractivity contribution is 5.85. The molecule has 0 saturated carbocycles. The summed E-state index contributed by atoms with van der Waals surface area (Å²) in [4.78, 5) is 12.0. The topological polar surface area (TPSA) is 75.3 Å². The molecule has 1 aromatic rings. The van der Waals surface area contributed by atoms with Crippen LogP contribution < -0.4 is 11.1 Å². The predicted molar refractivity (Wildman–Crippen MR) is 83.7 cm³/mol. The van der Waals surface area contributed by atoms with E-state index in [1.807, 2.05) is 37.3 Å². The molecule has 0 heterocycles. The molecule has 3 unspecified atom stereocenters. The third kappa shape index (κ3) is 5.90. The van der Waals surface area contributed by atoms with Gasteiger partial charge in [0.05, 0.1) is 12.0 Å². The van der Waals surface area contributed by atoms with E-state index in [0.29, 0.717) is 13.0 Å². The van der Waals surface area contributed by atoms with Gasteiger partial charge in [-0.3, -0.25) is 4.79 Å². The molecule has 0 aliphatic heterocycles. The summed E-state index contributed by atoms with van der Waals surface area (Å²) in [5, 5.41) is 12.3. The van der Waals surface area contributed by atoms with Crippen LogP contribution in [0.3, 0.4) is 0 Å². The van der Waals surface area contributed by atoms with Gasteiger partial charge in [-0.05, 0) is 12.0 Å². The Balaban J connectivity index is 0.00000361. The minimum Gasteiger partial charge on any atom is -0.391 e. The van der Waals surface area contributed by atoms with Gasteiger partial charge in [-0.15, -0.1) is 12.4 Å². The Kier molecular flexibility index (Phi) is 9.21. The fourth-order valence-corrected chi connectivity index (χ4v) is 1.94. The Morgan fingerprint density at radius 1 is 1.35 bits per heavy atom. The SMILES string of the molecule is CCCC(O)CNC(=O)C(C)C(N)c1ccccc1.Cl. The molecular weight excluding hydrogens is 276 g/mol. The van der Waals surface area contributed by atoms with Gasteiger partial charge in [-0.25, -0.2) is 0 Å². The Morgan fingerprint density at radius 3 is 2.50 bits per heavy atom. The van der Waals surface area contributed by atoms with E-state index < -0.39 is 6.10 Å². The molecule has 4 N–H and O–H groups in total. The maximum absolute atomic E-state index is 12.0. The fourth-order valence-electron chi connectivity index (χ4n) is 1.94. The van der Waals surface area contributed by atoms with E-state index in [1.54, 1.807) is 6.92 Å². The van der Waals surface area contributed by atoms with Crippen LogP contribution in [0.4, 0.5) is 0 Å². The molecule has 1 amide bonds. The molecule has 20 heavy (non-hydrogen) atoms. The molecule has 0 saturated heterocycles. The monoisotopic (exact) mass is 300 g/mol. The second-order valence-electron chi connectivity index (χ2n) is 4.91. The summed E-state index contributed by atoms with van der Waals surface area (Å²) in [5.74, 6) is -0.442. The van der Waals surface area contributed by atoms with E-state index in [4.69, 9.17) is 5.73 Å². The molecule has 0 aliphatic carbocycles. The molecule has 3 atom stereocenters. The van der Waals surface area contributed by atoms with E-state index in [-0.39, 0.29) is 30.3 Å². The van der Waals surface area contributed by atoms with Crippen molar-refractivity contribution in [1.82, 2.24) is 5.32 Å². The lowest BCUT2D eigenvalue weighted by atomic mass is 9.94. The average Bonchev–Trinajstić information content (AvgIpc) is 2.44. The number of rotatable bonds is 7. The van der Waals surface area contributed by atoms with E-state index in [2.05, 4.69) is 5.32 Å². The summed E-state index contributed by atoms with van der Waals surface area (Å²) in [7, 11) is 0. The van der Waals surface area contributed by atoms with Crippen molar-refractivity contribution in [2.45, 2.75) is 38.8 Å².